The zero-order valence-corrected chi connectivity index (χ0v) is 15.4. The van der Waals surface area contributed by atoms with E-state index in [1.807, 2.05) is 4.90 Å². The Morgan fingerprint density at radius 1 is 1.42 bits per heavy atom. The number of sulfonamides is 1. The number of halogens is 2. The molecule has 2 aliphatic rings. The predicted octanol–water partition coefficient (Wildman–Crippen LogP) is 2.40. The van der Waals surface area contributed by atoms with E-state index in [1.165, 1.54) is 18.3 Å². The van der Waals surface area contributed by atoms with Crippen molar-refractivity contribution in [1.82, 2.24) is 14.6 Å². The highest BCUT2D eigenvalue weighted by molar-refractivity contribution is 7.96. The number of pyridine rings is 1. The third kappa shape index (κ3) is 3.23. The fraction of sp³-hybridized carbons (Fsp3) is 0.353. The van der Waals surface area contributed by atoms with Crippen LogP contribution in [-0.4, -0.2) is 39.7 Å². The highest BCUT2D eigenvalue weighted by Gasteiger charge is 2.48. The fourth-order valence-electron chi connectivity index (χ4n) is 3.47. The molecular formula is C17H17ClFN3O3S. The number of likely N-dealkylation sites (tertiary alicyclic amines) is 1. The minimum Gasteiger partial charge on any atom is -0.593 e. The third-order valence-electron chi connectivity index (χ3n) is 4.74. The number of ether oxygens (including phenoxy) is 1. The van der Waals surface area contributed by atoms with Gasteiger partial charge in [-0.25, -0.2) is 9.37 Å². The predicted molar refractivity (Wildman–Crippen MR) is 94.0 cm³/mol. The number of hydrogen-bond donors (Lipinski definition) is 1. The second kappa shape index (κ2) is 6.54. The van der Waals surface area contributed by atoms with Gasteiger partial charge in [-0.1, -0.05) is 21.9 Å². The van der Waals surface area contributed by atoms with Crippen LogP contribution in [0.1, 0.15) is 12.0 Å². The molecule has 3 heterocycles. The molecular weight excluding hydrogens is 381 g/mol. The quantitative estimate of drug-likeness (QED) is 0.787. The molecule has 138 valence electrons. The number of hydrogen-bond acceptors (Lipinski definition) is 5. The van der Waals surface area contributed by atoms with Crippen molar-refractivity contribution in [1.29, 1.82) is 0 Å². The summed E-state index contributed by atoms with van der Waals surface area (Å²) >= 11 is 6.11. The summed E-state index contributed by atoms with van der Waals surface area (Å²) in [7, 11) is -3.75. The van der Waals surface area contributed by atoms with Gasteiger partial charge in [-0.15, -0.1) is 4.72 Å². The third-order valence-corrected chi connectivity index (χ3v) is 6.68. The first-order valence-corrected chi connectivity index (χ1v) is 10.0. The van der Waals surface area contributed by atoms with Crippen LogP contribution < -0.4 is 9.46 Å². The molecule has 2 aromatic rings. The molecule has 0 bridgehead atoms. The molecule has 4 rings (SSSR count). The maximum Gasteiger partial charge on any atom is 0.272 e. The van der Waals surface area contributed by atoms with Gasteiger partial charge in [0.2, 0.25) is 4.90 Å². The van der Waals surface area contributed by atoms with Gasteiger partial charge in [0.25, 0.3) is 5.88 Å². The van der Waals surface area contributed by atoms with Crippen LogP contribution >= 0.6 is 11.6 Å². The van der Waals surface area contributed by atoms with E-state index in [1.54, 1.807) is 18.2 Å². The summed E-state index contributed by atoms with van der Waals surface area (Å²) in [4.78, 5) is 6.02. The number of benzene rings is 1. The van der Waals surface area contributed by atoms with E-state index >= 15 is 0 Å². The van der Waals surface area contributed by atoms with E-state index < -0.39 is 15.9 Å². The topological polar surface area (TPSA) is 77.5 Å². The van der Waals surface area contributed by atoms with Crippen molar-refractivity contribution in [3.8, 4) is 5.88 Å². The minimum atomic E-state index is -3.75. The Morgan fingerprint density at radius 3 is 3.08 bits per heavy atom. The van der Waals surface area contributed by atoms with Crippen molar-refractivity contribution >= 4 is 22.0 Å². The summed E-state index contributed by atoms with van der Waals surface area (Å²) in [5, 5.41) is 0.361. The lowest BCUT2D eigenvalue weighted by atomic mass is 10.0. The van der Waals surface area contributed by atoms with Gasteiger partial charge in [0.15, 0.2) is 10.4 Å². The van der Waals surface area contributed by atoms with E-state index in [0.29, 0.717) is 36.6 Å². The van der Waals surface area contributed by atoms with Crippen molar-refractivity contribution < 1.29 is 17.9 Å². The van der Waals surface area contributed by atoms with Gasteiger partial charge in [-0.05, 0) is 24.6 Å². The van der Waals surface area contributed by atoms with Crippen LogP contribution in [0.2, 0.25) is 5.02 Å². The number of fused-ring (bicyclic) bond motifs is 1. The molecule has 1 aromatic carbocycles. The maximum atomic E-state index is 14.0. The highest BCUT2D eigenvalue weighted by atomic mass is 35.5. The molecule has 1 aromatic heterocycles. The Kier molecular flexibility index (Phi) is 4.48. The van der Waals surface area contributed by atoms with Crippen molar-refractivity contribution in [3.63, 3.8) is 0 Å². The smallest absolute Gasteiger partial charge is 0.272 e. The van der Waals surface area contributed by atoms with E-state index in [-0.39, 0.29) is 23.2 Å². The zero-order valence-electron chi connectivity index (χ0n) is 13.8. The second-order valence-electron chi connectivity index (χ2n) is 6.64. The molecule has 0 radical (unpaired) electrons. The first kappa shape index (κ1) is 17.8. The molecule has 2 unspecified atom stereocenters. The molecule has 6 nitrogen and oxygen atoms in total. The fourth-order valence-corrected chi connectivity index (χ4v) is 5.19. The Morgan fingerprint density at radius 2 is 2.27 bits per heavy atom. The average molecular weight is 398 g/mol. The van der Waals surface area contributed by atoms with Crippen molar-refractivity contribution in [2.24, 2.45) is 0 Å². The van der Waals surface area contributed by atoms with Crippen LogP contribution in [0.15, 0.2) is 41.4 Å². The van der Waals surface area contributed by atoms with Crippen LogP contribution in [0.4, 0.5) is 4.39 Å². The molecule has 1 N–H and O–H groups in total. The molecule has 0 aliphatic carbocycles. The minimum absolute atomic E-state index is 0.0347. The molecule has 1 saturated heterocycles. The molecule has 1 spiro atoms. The van der Waals surface area contributed by atoms with Gasteiger partial charge in [0, 0.05) is 42.5 Å². The van der Waals surface area contributed by atoms with E-state index in [9.17, 15) is 13.2 Å². The first-order valence-electron chi connectivity index (χ1n) is 8.16. The summed E-state index contributed by atoms with van der Waals surface area (Å²) in [5.74, 6) is -0.264. The Labute approximate surface area is 156 Å². The second-order valence-corrected chi connectivity index (χ2v) is 8.70. The van der Waals surface area contributed by atoms with Crippen LogP contribution in [0.5, 0.6) is 5.88 Å². The molecule has 2 atom stereocenters. The summed E-state index contributed by atoms with van der Waals surface area (Å²) in [5.41, 5.74) is -0.370. The highest BCUT2D eigenvalue weighted by Crippen LogP contribution is 2.34. The molecule has 26 heavy (non-hydrogen) atoms. The van der Waals surface area contributed by atoms with Crippen LogP contribution in [-0.2, 0) is 21.2 Å². The van der Waals surface area contributed by atoms with Crippen LogP contribution in [0, 0.1) is 5.82 Å². The van der Waals surface area contributed by atoms with Crippen molar-refractivity contribution in [3.05, 3.63) is 52.9 Å². The van der Waals surface area contributed by atoms with Crippen LogP contribution in [0.25, 0.3) is 0 Å². The number of nitrogens with one attached hydrogen (secondary N) is 1. The molecule has 2 aliphatic heterocycles. The van der Waals surface area contributed by atoms with E-state index in [2.05, 4.69) is 9.71 Å². The van der Waals surface area contributed by atoms with Gasteiger partial charge < -0.3 is 9.29 Å². The average Bonchev–Trinajstić information content (AvgIpc) is 2.94. The van der Waals surface area contributed by atoms with Gasteiger partial charge in [-0.2, -0.15) is 0 Å². The summed E-state index contributed by atoms with van der Waals surface area (Å²) in [6.07, 6.45) is 2.04. The van der Waals surface area contributed by atoms with Gasteiger partial charge in [0.05, 0.1) is 0 Å². The standard InChI is InChI=1S/C17H17ClFN3O3S/c18-13-3-1-4-14(19)12(13)9-22-8-6-17(10-22)11-25-16-15(5-2-7-20-16)26(23,24)21-17/h1-5,7H,6,8-11H2,(H-,21,23,24). The van der Waals surface area contributed by atoms with Crippen molar-refractivity contribution in [2.75, 3.05) is 19.7 Å². The first-order chi connectivity index (χ1) is 12.4. The lowest BCUT2D eigenvalue weighted by molar-refractivity contribution is 0.192. The lowest BCUT2D eigenvalue weighted by Crippen LogP contribution is -2.54. The largest absolute Gasteiger partial charge is 0.593 e. The van der Waals surface area contributed by atoms with Gasteiger partial charge in [0.1, 0.15) is 18.0 Å². The van der Waals surface area contributed by atoms with Gasteiger partial charge >= 0.3 is 0 Å². The number of aromatic nitrogens is 1. The summed E-state index contributed by atoms with van der Waals surface area (Å²) in [6.45, 7) is 1.46. The van der Waals surface area contributed by atoms with E-state index in [0.717, 1.165) is 0 Å². The normalized spacial score (nSPS) is 28.6. The Bertz CT molecular complexity index is 879. The van der Waals surface area contributed by atoms with Crippen LogP contribution in [0.3, 0.4) is 0 Å². The molecule has 0 amide bonds. The lowest BCUT2D eigenvalue weighted by Gasteiger charge is -2.28. The number of rotatable bonds is 2. The molecule has 0 saturated carbocycles. The monoisotopic (exact) mass is 397 g/mol. The summed E-state index contributed by atoms with van der Waals surface area (Å²) in [6, 6.07) is 7.60. The zero-order chi connectivity index (χ0) is 18.4. The van der Waals surface area contributed by atoms with E-state index in [4.69, 9.17) is 16.3 Å². The SMILES string of the molecule is O=[S+]1([O-])NC2(CCN(Cc3c(F)cccc3Cl)C2)COc2ncccc21. The summed E-state index contributed by atoms with van der Waals surface area (Å²) < 4.78 is 47.9. The maximum absolute atomic E-state index is 14.0. The number of nitrogens with zero attached hydrogens (tertiary/aromatic N) is 2. The Hall–Kier alpha value is -1.58. The van der Waals surface area contributed by atoms with Crippen molar-refractivity contribution in [2.45, 2.75) is 23.4 Å². The van der Waals surface area contributed by atoms with Gasteiger partial charge in [-0.3, -0.25) is 4.90 Å². The molecule has 1 fully saturated rings. The Balaban J connectivity index is 1.56. The molecule has 9 heteroatoms.